The number of amides is 1. The Balaban J connectivity index is 1.74. The molecular formula is C22H20ClNO2. The fourth-order valence-electron chi connectivity index (χ4n) is 3.74. The summed E-state index contributed by atoms with van der Waals surface area (Å²) in [5.41, 5.74) is 6.15. The lowest BCUT2D eigenvalue weighted by Crippen LogP contribution is -2.05. The zero-order valence-corrected chi connectivity index (χ0v) is 15.4. The number of aliphatic hydroxyl groups is 1. The Morgan fingerprint density at radius 2 is 1.81 bits per heavy atom. The van der Waals surface area contributed by atoms with Crippen LogP contribution in [0.2, 0.25) is 5.02 Å². The predicted octanol–water partition coefficient (Wildman–Crippen LogP) is 6.21. The van der Waals surface area contributed by atoms with Crippen molar-refractivity contribution >= 4 is 34.3 Å². The van der Waals surface area contributed by atoms with Crippen LogP contribution >= 0.6 is 11.6 Å². The van der Waals surface area contributed by atoms with E-state index in [1.807, 2.05) is 6.07 Å². The molecule has 1 aliphatic heterocycles. The van der Waals surface area contributed by atoms with E-state index < -0.39 is 0 Å². The standard InChI is InChI=1S/C22H20ClNO2/c1-13(25)21-18-11-17(19(23)12-20(18)24-22(21)26)16-9-7-15(8-10-16)14-5-3-2-4-6-14/h5,7-12,25H,2-4,6H2,1H3,(H,24,26)/b21-13+. The molecule has 0 fully saturated rings. The second-order valence-electron chi connectivity index (χ2n) is 6.84. The van der Waals surface area contributed by atoms with E-state index in [1.54, 1.807) is 6.07 Å². The Morgan fingerprint density at radius 3 is 2.46 bits per heavy atom. The van der Waals surface area contributed by atoms with Gasteiger partial charge in [0.15, 0.2) is 0 Å². The summed E-state index contributed by atoms with van der Waals surface area (Å²) in [5.74, 6) is -0.290. The molecule has 26 heavy (non-hydrogen) atoms. The Hall–Kier alpha value is -2.52. The van der Waals surface area contributed by atoms with E-state index in [0.29, 0.717) is 21.8 Å². The molecule has 3 nitrogen and oxygen atoms in total. The van der Waals surface area contributed by atoms with Gasteiger partial charge < -0.3 is 10.4 Å². The summed E-state index contributed by atoms with van der Waals surface area (Å²) in [4.78, 5) is 12.1. The van der Waals surface area contributed by atoms with E-state index in [2.05, 4.69) is 35.7 Å². The van der Waals surface area contributed by atoms with Crippen molar-refractivity contribution in [2.75, 3.05) is 5.32 Å². The summed E-state index contributed by atoms with van der Waals surface area (Å²) in [7, 11) is 0. The van der Waals surface area contributed by atoms with Crippen molar-refractivity contribution in [2.45, 2.75) is 32.6 Å². The Bertz CT molecular complexity index is 951. The Kier molecular flexibility index (Phi) is 4.33. The van der Waals surface area contributed by atoms with Gasteiger partial charge in [0.05, 0.1) is 16.3 Å². The minimum atomic E-state index is -0.298. The molecule has 2 aromatic rings. The first kappa shape index (κ1) is 16.9. The molecule has 132 valence electrons. The number of hydrogen-bond donors (Lipinski definition) is 2. The highest BCUT2D eigenvalue weighted by Gasteiger charge is 2.28. The minimum absolute atomic E-state index is 0.00843. The van der Waals surface area contributed by atoms with Crippen LogP contribution in [0, 0.1) is 0 Å². The molecular weight excluding hydrogens is 346 g/mol. The summed E-state index contributed by atoms with van der Waals surface area (Å²) in [6.45, 7) is 1.52. The van der Waals surface area contributed by atoms with E-state index in [0.717, 1.165) is 24.0 Å². The van der Waals surface area contributed by atoms with Crippen LogP contribution in [0.15, 0.2) is 48.2 Å². The molecule has 0 atom stereocenters. The van der Waals surface area contributed by atoms with Crippen LogP contribution < -0.4 is 5.32 Å². The third-order valence-corrected chi connectivity index (χ3v) is 5.38. The van der Waals surface area contributed by atoms with Gasteiger partial charge in [0, 0.05) is 11.1 Å². The van der Waals surface area contributed by atoms with Gasteiger partial charge in [-0.25, -0.2) is 0 Å². The highest BCUT2D eigenvalue weighted by atomic mass is 35.5. The highest BCUT2D eigenvalue weighted by Crippen LogP contribution is 2.40. The molecule has 0 spiro atoms. The minimum Gasteiger partial charge on any atom is -0.512 e. The number of aliphatic hydroxyl groups excluding tert-OH is 1. The maximum atomic E-state index is 12.1. The topological polar surface area (TPSA) is 49.3 Å². The first-order chi connectivity index (χ1) is 12.5. The van der Waals surface area contributed by atoms with Gasteiger partial charge >= 0.3 is 0 Å². The molecule has 0 saturated carbocycles. The number of anilines is 1. The predicted molar refractivity (Wildman–Crippen MR) is 107 cm³/mol. The largest absolute Gasteiger partial charge is 0.512 e. The summed E-state index contributed by atoms with van der Waals surface area (Å²) in [6.07, 6.45) is 7.15. The van der Waals surface area contributed by atoms with Crippen molar-refractivity contribution < 1.29 is 9.90 Å². The molecule has 1 amide bonds. The fourth-order valence-corrected chi connectivity index (χ4v) is 4.01. The maximum Gasteiger partial charge on any atom is 0.259 e. The Morgan fingerprint density at radius 1 is 1.08 bits per heavy atom. The van der Waals surface area contributed by atoms with E-state index in [9.17, 15) is 9.90 Å². The molecule has 0 radical (unpaired) electrons. The maximum absolute atomic E-state index is 12.1. The molecule has 1 heterocycles. The molecule has 0 saturated heterocycles. The molecule has 2 aliphatic rings. The normalized spacial score (nSPS) is 18.2. The van der Waals surface area contributed by atoms with Crippen molar-refractivity contribution in [3.8, 4) is 11.1 Å². The van der Waals surface area contributed by atoms with E-state index in [-0.39, 0.29) is 11.7 Å². The number of fused-ring (bicyclic) bond motifs is 1. The first-order valence-electron chi connectivity index (χ1n) is 8.89. The van der Waals surface area contributed by atoms with Crippen LogP contribution in [0.1, 0.15) is 43.7 Å². The van der Waals surface area contributed by atoms with E-state index in [1.165, 1.54) is 30.9 Å². The average molecular weight is 366 g/mol. The molecule has 1 aliphatic carbocycles. The summed E-state index contributed by atoms with van der Waals surface area (Å²) in [5, 5.41) is 13.2. The van der Waals surface area contributed by atoms with Gasteiger partial charge in [-0.1, -0.05) is 41.9 Å². The number of rotatable bonds is 2. The molecule has 2 aromatic carbocycles. The molecule has 0 unspecified atom stereocenters. The van der Waals surface area contributed by atoms with Crippen LogP contribution in [0.4, 0.5) is 5.69 Å². The zero-order valence-electron chi connectivity index (χ0n) is 14.6. The van der Waals surface area contributed by atoms with Crippen LogP contribution in [-0.4, -0.2) is 11.0 Å². The van der Waals surface area contributed by atoms with Crippen LogP contribution in [0.25, 0.3) is 22.3 Å². The van der Waals surface area contributed by atoms with Crippen molar-refractivity contribution in [3.63, 3.8) is 0 Å². The van der Waals surface area contributed by atoms with Crippen LogP contribution in [0.5, 0.6) is 0 Å². The molecule has 0 aromatic heterocycles. The van der Waals surface area contributed by atoms with Gasteiger partial charge in [0.1, 0.15) is 5.76 Å². The van der Waals surface area contributed by atoms with E-state index >= 15 is 0 Å². The van der Waals surface area contributed by atoms with Gasteiger partial charge in [-0.05, 0) is 61.4 Å². The second kappa shape index (κ2) is 6.65. The van der Waals surface area contributed by atoms with Crippen LogP contribution in [0.3, 0.4) is 0 Å². The summed E-state index contributed by atoms with van der Waals surface area (Å²) < 4.78 is 0. The number of hydrogen-bond acceptors (Lipinski definition) is 2. The van der Waals surface area contributed by atoms with Crippen LogP contribution in [-0.2, 0) is 4.79 Å². The van der Waals surface area contributed by atoms with E-state index in [4.69, 9.17) is 11.6 Å². The van der Waals surface area contributed by atoms with Gasteiger partial charge in [-0.15, -0.1) is 0 Å². The third-order valence-electron chi connectivity index (χ3n) is 5.07. The zero-order chi connectivity index (χ0) is 18.3. The quantitative estimate of drug-likeness (QED) is 0.491. The number of allylic oxidation sites excluding steroid dienone is 3. The van der Waals surface area contributed by atoms with Crippen molar-refractivity contribution in [2.24, 2.45) is 0 Å². The molecule has 2 N–H and O–H groups in total. The third kappa shape index (κ3) is 2.93. The summed E-state index contributed by atoms with van der Waals surface area (Å²) >= 11 is 6.46. The molecule has 4 heteroatoms. The first-order valence-corrected chi connectivity index (χ1v) is 9.27. The highest BCUT2D eigenvalue weighted by molar-refractivity contribution is 6.36. The fraction of sp³-hybridized carbons (Fsp3) is 0.227. The van der Waals surface area contributed by atoms with Crippen molar-refractivity contribution in [3.05, 3.63) is 64.4 Å². The lowest BCUT2D eigenvalue weighted by atomic mass is 9.92. The number of nitrogens with one attached hydrogen (secondary N) is 1. The second-order valence-corrected chi connectivity index (χ2v) is 7.25. The number of carbonyl (C=O) groups is 1. The van der Waals surface area contributed by atoms with Gasteiger partial charge in [-0.2, -0.15) is 0 Å². The number of halogens is 1. The number of carbonyl (C=O) groups excluding carboxylic acids is 1. The SMILES string of the molecule is C/C(O)=C1\C(=O)Nc2cc(Cl)c(-c3ccc(C4=CCCCC4)cc3)cc21. The van der Waals surface area contributed by atoms with Gasteiger partial charge in [0.2, 0.25) is 0 Å². The molecule has 4 rings (SSSR count). The summed E-state index contributed by atoms with van der Waals surface area (Å²) in [6, 6.07) is 12.0. The van der Waals surface area contributed by atoms with Gasteiger partial charge in [0.25, 0.3) is 5.91 Å². The van der Waals surface area contributed by atoms with Crippen molar-refractivity contribution in [1.29, 1.82) is 0 Å². The van der Waals surface area contributed by atoms with Crippen molar-refractivity contribution in [1.82, 2.24) is 0 Å². The van der Waals surface area contributed by atoms with Gasteiger partial charge in [-0.3, -0.25) is 4.79 Å². The Labute approximate surface area is 158 Å². The smallest absolute Gasteiger partial charge is 0.259 e. The average Bonchev–Trinajstić information content (AvgIpc) is 2.96. The number of benzene rings is 2. The lowest BCUT2D eigenvalue weighted by molar-refractivity contribution is -0.110. The molecule has 0 bridgehead atoms. The lowest BCUT2D eigenvalue weighted by Gasteiger charge is -2.14. The monoisotopic (exact) mass is 365 g/mol.